The summed E-state index contributed by atoms with van der Waals surface area (Å²) in [5.74, 6) is 1.21. The Morgan fingerprint density at radius 3 is 2.32 bits per heavy atom. The molecule has 0 unspecified atom stereocenters. The fraction of sp³-hybridized carbons (Fsp3) is 0.150. The van der Waals surface area contributed by atoms with Crippen molar-refractivity contribution < 1.29 is 19.0 Å². The monoisotopic (exact) mass is 337 g/mol. The quantitative estimate of drug-likeness (QED) is 0.544. The molecule has 0 bridgehead atoms. The molecule has 1 aromatic heterocycles. The van der Waals surface area contributed by atoms with Gasteiger partial charge in [-0.1, -0.05) is 18.2 Å². The van der Waals surface area contributed by atoms with Crippen molar-refractivity contribution in [1.29, 1.82) is 0 Å². The Morgan fingerprint density at radius 1 is 1.00 bits per heavy atom. The number of nitrogens with one attached hydrogen (secondary N) is 1. The molecule has 1 heterocycles. The number of aromatic nitrogens is 1. The summed E-state index contributed by atoms with van der Waals surface area (Å²) in [6.07, 6.45) is 5.21. The van der Waals surface area contributed by atoms with Gasteiger partial charge >= 0.3 is 0 Å². The van der Waals surface area contributed by atoms with Crippen LogP contribution in [0.5, 0.6) is 17.2 Å². The van der Waals surface area contributed by atoms with E-state index in [4.69, 9.17) is 14.2 Å². The first kappa shape index (κ1) is 16.6. The highest BCUT2D eigenvalue weighted by molar-refractivity contribution is 6.08. The number of hydrogen-bond acceptors (Lipinski definition) is 4. The Balaban J connectivity index is 1.93. The summed E-state index contributed by atoms with van der Waals surface area (Å²) in [6, 6.07) is 11.2. The first-order chi connectivity index (χ1) is 12.2. The lowest BCUT2D eigenvalue weighted by atomic mass is 10.1. The summed E-state index contributed by atoms with van der Waals surface area (Å²) in [6.45, 7) is 0. The van der Waals surface area contributed by atoms with Crippen LogP contribution < -0.4 is 14.2 Å². The molecule has 0 spiro atoms. The molecule has 0 fully saturated rings. The van der Waals surface area contributed by atoms with Gasteiger partial charge in [-0.3, -0.25) is 4.79 Å². The van der Waals surface area contributed by atoms with Gasteiger partial charge in [-0.25, -0.2) is 0 Å². The average Bonchev–Trinajstić information content (AvgIpc) is 3.07. The lowest BCUT2D eigenvalue weighted by Gasteiger charge is -2.13. The van der Waals surface area contributed by atoms with Gasteiger partial charge in [0.25, 0.3) is 0 Å². The predicted molar refractivity (Wildman–Crippen MR) is 97.8 cm³/mol. The van der Waals surface area contributed by atoms with Crippen LogP contribution >= 0.6 is 0 Å². The second kappa shape index (κ2) is 7.13. The van der Waals surface area contributed by atoms with Crippen LogP contribution in [-0.4, -0.2) is 32.1 Å². The summed E-state index contributed by atoms with van der Waals surface area (Å²) < 4.78 is 15.9. The van der Waals surface area contributed by atoms with Crippen molar-refractivity contribution in [2.45, 2.75) is 0 Å². The first-order valence-corrected chi connectivity index (χ1v) is 7.76. The fourth-order valence-corrected chi connectivity index (χ4v) is 2.72. The van der Waals surface area contributed by atoms with Crippen LogP contribution in [0.15, 0.2) is 48.7 Å². The van der Waals surface area contributed by atoms with Gasteiger partial charge in [0.1, 0.15) is 0 Å². The van der Waals surface area contributed by atoms with Crippen LogP contribution in [-0.2, 0) is 0 Å². The van der Waals surface area contributed by atoms with Crippen molar-refractivity contribution in [2.75, 3.05) is 21.3 Å². The number of H-pyrrole nitrogens is 1. The van der Waals surface area contributed by atoms with E-state index in [1.165, 1.54) is 27.4 Å². The molecule has 3 rings (SSSR count). The average molecular weight is 337 g/mol. The van der Waals surface area contributed by atoms with Gasteiger partial charge in [-0.15, -0.1) is 0 Å². The SMILES string of the molecule is COc1cc(C(=O)C=Cc2c[nH]c3ccccc23)cc(OC)c1OC. The number of aromatic amines is 1. The molecule has 5 heteroatoms. The maximum Gasteiger partial charge on any atom is 0.203 e. The zero-order valence-corrected chi connectivity index (χ0v) is 14.3. The number of carbonyl (C=O) groups is 1. The maximum absolute atomic E-state index is 12.6. The zero-order chi connectivity index (χ0) is 17.8. The van der Waals surface area contributed by atoms with E-state index < -0.39 is 0 Å². The molecule has 0 aliphatic carbocycles. The highest BCUT2D eigenvalue weighted by Gasteiger charge is 2.15. The summed E-state index contributed by atoms with van der Waals surface area (Å²) in [5, 5.41) is 1.07. The number of para-hydroxylation sites is 1. The maximum atomic E-state index is 12.6. The number of rotatable bonds is 6. The van der Waals surface area contributed by atoms with Crippen LogP contribution in [0.4, 0.5) is 0 Å². The van der Waals surface area contributed by atoms with Gasteiger partial charge in [0.05, 0.1) is 21.3 Å². The van der Waals surface area contributed by atoms with Gasteiger partial charge in [0.15, 0.2) is 17.3 Å². The third-order valence-corrected chi connectivity index (χ3v) is 3.98. The largest absolute Gasteiger partial charge is 0.493 e. The molecule has 0 atom stereocenters. The van der Waals surface area contributed by atoms with Crippen LogP contribution in [0.1, 0.15) is 15.9 Å². The van der Waals surface area contributed by atoms with Gasteiger partial charge in [-0.2, -0.15) is 0 Å². The minimum atomic E-state index is -0.149. The number of benzene rings is 2. The number of hydrogen-bond donors (Lipinski definition) is 1. The molecular formula is C20H19NO4. The molecule has 1 N–H and O–H groups in total. The number of ketones is 1. The lowest BCUT2D eigenvalue weighted by molar-refractivity contribution is 0.104. The molecule has 2 aromatic carbocycles. The molecule has 5 nitrogen and oxygen atoms in total. The number of carbonyl (C=O) groups excluding carboxylic acids is 1. The molecule has 0 saturated heterocycles. The normalized spacial score (nSPS) is 11.0. The number of allylic oxidation sites excluding steroid dienone is 1. The molecule has 3 aromatic rings. The van der Waals surface area contributed by atoms with Crippen molar-refractivity contribution in [3.05, 3.63) is 59.8 Å². The third-order valence-electron chi connectivity index (χ3n) is 3.98. The fourth-order valence-electron chi connectivity index (χ4n) is 2.72. The molecule has 0 aliphatic rings. The third kappa shape index (κ3) is 3.21. The molecular weight excluding hydrogens is 318 g/mol. The Hall–Kier alpha value is -3.21. The van der Waals surface area contributed by atoms with Crippen molar-refractivity contribution in [3.63, 3.8) is 0 Å². The summed E-state index contributed by atoms with van der Waals surface area (Å²) >= 11 is 0. The standard InChI is InChI=1S/C20H19NO4/c1-23-18-10-14(11-19(24-2)20(18)25-3)17(22)9-8-13-12-21-16-7-5-4-6-15(13)16/h4-12,21H,1-3H3. The Labute approximate surface area is 145 Å². The molecule has 0 aliphatic heterocycles. The minimum absolute atomic E-state index is 0.149. The topological polar surface area (TPSA) is 60.6 Å². The smallest absolute Gasteiger partial charge is 0.203 e. The van der Waals surface area contributed by atoms with Crippen LogP contribution in [0, 0.1) is 0 Å². The van der Waals surface area contributed by atoms with Crippen molar-refractivity contribution in [1.82, 2.24) is 4.98 Å². The Morgan fingerprint density at radius 2 is 1.68 bits per heavy atom. The van der Waals surface area contributed by atoms with Crippen LogP contribution in [0.25, 0.3) is 17.0 Å². The van der Waals surface area contributed by atoms with Crippen molar-refractivity contribution >= 4 is 22.8 Å². The van der Waals surface area contributed by atoms with E-state index in [-0.39, 0.29) is 5.78 Å². The Bertz CT molecular complexity index is 915. The van der Waals surface area contributed by atoms with Crippen LogP contribution in [0.3, 0.4) is 0 Å². The highest BCUT2D eigenvalue weighted by Crippen LogP contribution is 2.38. The van der Waals surface area contributed by atoms with E-state index >= 15 is 0 Å². The molecule has 0 radical (unpaired) electrons. The number of ether oxygens (including phenoxy) is 3. The zero-order valence-electron chi connectivity index (χ0n) is 14.3. The molecule has 0 saturated carbocycles. The molecule has 25 heavy (non-hydrogen) atoms. The van der Waals surface area contributed by atoms with Gasteiger partial charge in [0.2, 0.25) is 5.75 Å². The van der Waals surface area contributed by atoms with Gasteiger partial charge < -0.3 is 19.2 Å². The van der Waals surface area contributed by atoms with Crippen molar-refractivity contribution in [3.8, 4) is 17.2 Å². The predicted octanol–water partition coefficient (Wildman–Crippen LogP) is 4.09. The molecule has 128 valence electrons. The van der Waals surface area contributed by atoms with E-state index in [9.17, 15) is 4.79 Å². The van der Waals surface area contributed by atoms with Crippen molar-refractivity contribution in [2.24, 2.45) is 0 Å². The molecule has 0 amide bonds. The summed E-state index contributed by atoms with van der Waals surface area (Å²) in [5.41, 5.74) is 2.45. The van der Waals surface area contributed by atoms with E-state index in [0.29, 0.717) is 22.8 Å². The minimum Gasteiger partial charge on any atom is -0.493 e. The lowest BCUT2D eigenvalue weighted by Crippen LogP contribution is -2.00. The van der Waals surface area contributed by atoms with E-state index in [0.717, 1.165) is 16.5 Å². The Kier molecular flexibility index (Phi) is 4.75. The van der Waals surface area contributed by atoms with Crippen LogP contribution in [0.2, 0.25) is 0 Å². The first-order valence-electron chi connectivity index (χ1n) is 7.76. The number of fused-ring (bicyclic) bond motifs is 1. The van der Waals surface area contributed by atoms with E-state index in [2.05, 4.69) is 4.98 Å². The van der Waals surface area contributed by atoms with E-state index in [1.807, 2.05) is 30.5 Å². The van der Waals surface area contributed by atoms with E-state index in [1.54, 1.807) is 18.2 Å². The number of methoxy groups -OCH3 is 3. The van der Waals surface area contributed by atoms with Gasteiger partial charge in [-0.05, 0) is 35.9 Å². The summed E-state index contributed by atoms with van der Waals surface area (Å²) in [4.78, 5) is 15.7. The second-order valence-corrected chi connectivity index (χ2v) is 5.40. The second-order valence-electron chi connectivity index (χ2n) is 5.40. The highest BCUT2D eigenvalue weighted by atomic mass is 16.5. The summed E-state index contributed by atoms with van der Waals surface area (Å²) in [7, 11) is 4.57. The van der Waals surface area contributed by atoms with Gasteiger partial charge in [0, 0.05) is 22.7 Å².